The first-order valence-corrected chi connectivity index (χ1v) is 12.6. The van der Waals surface area contributed by atoms with E-state index in [1.54, 1.807) is 0 Å². The molecule has 4 bridgehead atoms. The van der Waals surface area contributed by atoms with E-state index in [1.807, 2.05) is 62.3 Å². The van der Waals surface area contributed by atoms with E-state index in [0.29, 0.717) is 18.3 Å². The van der Waals surface area contributed by atoms with E-state index in [4.69, 9.17) is 9.47 Å². The van der Waals surface area contributed by atoms with Crippen LogP contribution in [0.15, 0.2) is 0 Å². The smallest absolute Gasteiger partial charge is 0.312 e. The molecule has 0 heterocycles. The number of carboxylic acid groups (broad SMARTS) is 1. The van der Waals surface area contributed by atoms with Gasteiger partial charge in [0.2, 0.25) is 0 Å². The highest BCUT2D eigenvalue weighted by molar-refractivity contribution is 5.78. The number of ether oxygens (including phenoxy) is 2. The lowest BCUT2D eigenvalue weighted by Crippen LogP contribution is -2.60. The normalized spacial score (nSPS) is 30.8. The molecule has 0 aromatic carbocycles. The van der Waals surface area contributed by atoms with Crippen LogP contribution in [0.4, 0.5) is 0 Å². The largest absolute Gasteiger partial charge is 0.481 e. The van der Waals surface area contributed by atoms with E-state index in [1.165, 1.54) is 0 Å². The van der Waals surface area contributed by atoms with Gasteiger partial charge in [-0.05, 0) is 105 Å². The summed E-state index contributed by atoms with van der Waals surface area (Å²) < 4.78 is 11.2. The lowest BCUT2D eigenvalue weighted by molar-refractivity contribution is -0.215. The minimum atomic E-state index is -0.688. The summed E-state index contributed by atoms with van der Waals surface area (Å²) in [4.78, 5) is 35.8. The number of aliphatic carboxylic acids is 1. The predicted molar refractivity (Wildman–Crippen MR) is 128 cm³/mol. The number of hydrogen-bond donors (Lipinski definition) is 1. The molecule has 0 spiro atoms. The number of esters is 2. The average molecular weight is 467 g/mol. The molecule has 33 heavy (non-hydrogen) atoms. The minimum absolute atomic E-state index is 0.113. The Morgan fingerprint density at radius 3 is 1.67 bits per heavy atom. The minimum Gasteiger partial charge on any atom is -0.481 e. The monoisotopic (exact) mass is 466 g/mol. The first-order chi connectivity index (χ1) is 14.9. The summed E-state index contributed by atoms with van der Waals surface area (Å²) in [5.74, 6) is -0.128. The highest BCUT2D eigenvalue weighted by Crippen LogP contribution is 2.63. The topological polar surface area (TPSA) is 89.9 Å². The fraction of sp³-hybridized carbons (Fsp3) is 0.889. The summed E-state index contributed by atoms with van der Waals surface area (Å²) in [5.41, 5.74) is -2.36. The predicted octanol–water partition coefficient (Wildman–Crippen LogP) is 6.15. The summed E-state index contributed by atoms with van der Waals surface area (Å²) >= 11 is 0. The van der Waals surface area contributed by atoms with Gasteiger partial charge in [-0.2, -0.15) is 0 Å². The Bertz CT molecular complexity index is 743. The van der Waals surface area contributed by atoms with Crippen molar-refractivity contribution in [3.05, 3.63) is 0 Å². The molecular formula is C27H46O6. The SMILES string of the molecule is CCC(C)(C)C(=O)OC(C)(C)C.CCC(C)(C)C(=O)OC12CC3CC(C1)CC(C(=O)O)(C3)C2. The van der Waals surface area contributed by atoms with E-state index >= 15 is 0 Å². The fourth-order valence-corrected chi connectivity index (χ4v) is 5.59. The molecule has 0 aliphatic heterocycles. The van der Waals surface area contributed by atoms with Crippen LogP contribution in [0.25, 0.3) is 0 Å². The Morgan fingerprint density at radius 2 is 1.27 bits per heavy atom. The van der Waals surface area contributed by atoms with E-state index < -0.39 is 22.4 Å². The van der Waals surface area contributed by atoms with Crippen LogP contribution in [-0.2, 0) is 23.9 Å². The first kappa shape index (κ1) is 27.7. The van der Waals surface area contributed by atoms with Gasteiger partial charge in [-0.1, -0.05) is 13.8 Å². The van der Waals surface area contributed by atoms with E-state index in [2.05, 4.69) is 0 Å². The van der Waals surface area contributed by atoms with Crippen molar-refractivity contribution in [1.82, 2.24) is 0 Å². The van der Waals surface area contributed by atoms with Gasteiger partial charge in [0.05, 0.1) is 16.2 Å². The van der Waals surface area contributed by atoms with E-state index in [0.717, 1.165) is 44.9 Å². The third kappa shape index (κ3) is 6.30. The van der Waals surface area contributed by atoms with E-state index in [9.17, 15) is 19.5 Å². The van der Waals surface area contributed by atoms with Crippen LogP contribution in [0, 0.1) is 28.1 Å². The summed E-state index contributed by atoms with van der Waals surface area (Å²) in [6, 6.07) is 0. The van der Waals surface area contributed by atoms with Gasteiger partial charge in [0.1, 0.15) is 11.2 Å². The number of rotatable bonds is 6. The summed E-state index contributed by atoms with van der Waals surface area (Å²) in [5, 5.41) is 9.69. The Hall–Kier alpha value is -1.59. The van der Waals surface area contributed by atoms with Gasteiger partial charge >= 0.3 is 17.9 Å². The summed E-state index contributed by atoms with van der Waals surface area (Å²) in [7, 11) is 0. The number of carbonyl (C=O) groups excluding carboxylic acids is 2. The molecule has 190 valence electrons. The number of carbonyl (C=O) groups is 3. The van der Waals surface area contributed by atoms with Crippen LogP contribution in [0.2, 0.25) is 0 Å². The maximum Gasteiger partial charge on any atom is 0.312 e. The molecule has 0 amide bonds. The van der Waals surface area contributed by atoms with Crippen LogP contribution >= 0.6 is 0 Å². The quantitative estimate of drug-likeness (QED) is 0.472. The number of carboxylic acids is 1. The zero-order valence-electron chi connectivity index (χ0n) is 22.3. The molecule has 4 aliphatic rings. The van der Waals surface area contributed by atoms with Crippen LogP contribution in [-0.4, -0.2) is 34.2 Å². The molecule has 4 fully saturated rings. The Balaban J connectivity index is 0.000000277. The van der Waals surface area contributed by atoms with Crippen LogP contribution in [0.1, 0.15) is 114 Å². The molecule has 0 aromatic rings. The van der Waals surface area contributed by atoms with Crippen LogP contribution in [0.3, 0.4) is 0 Å². The molecule has 0 radical (unpaired) electrons. The standard InChI is InChI=1S/C17H26O4.C10H20O2/c1-4-15(2,3)14(20)21-17-8-11-5-12(9-17)7-16(6-11,10-17)13(18)19;1-7-10(5,6)8(11)12-9(2,3)4/h11-12H,4-10H2,1-3H3,(H,18,19);7H2,1-6H3. The second-order valence-electron chi connectivity index (χ2n) is 13.1. The zero-order chi connectivity index (χ0) is 25.5. The van der Waals surface area contributed by atoms with Crippen molar-refractivity contribution in [2.45, 2.75) is 125 Å². The third-order valence-electron chi connectivity index (χ3n) is 8.04. The zero-order valence-corrected chi connectivity index (χ0v) is 22.3. The Morgan fingerprint density at radius 1 is 0.818 bits per heavy atom. The van der Waals surface area contributed by atoms with Crippen LogP contribution in [0.5, 0.6) is 0 Å². The van der Waals surface area contributed by atoms with Gasteiger partial charge in [0.15, 0.2) is 0 Å². The van der Waals surface area contributed by atoms with E-state index in [-0.39, 0.29) is 23.0 Å². The lowest BCUT2D eigenvalue weighted by atomic mass is 9.48. The molecule has 4 aliphatic carbocycles. The molecule has 4 rings (SSSR count). The van der Waals surface area contributed by atoms with Crippen molar-refractivity contribution in [1.29, 1.82) is 0 Å². The maximum atomic E-state index is 12.5. The molecule has 0 saturated heterocycles. The third-order valence-corrected chi connectivity index (χ3v) is 8.04. The highest BCUT2D eigenvalue weighted by atomic mass is 16.6. The number of hydrogen-bond acceptors (Lipinski definition) is 5. The van der Waals surface area contributed by atoms with Gasteiger partial charge in [-0.25, -0.2) is 0 Å². The van der Waals surface area contributed by atoms with Crippen molar-refractivity contribution in [3.63, 3.8) is 0 Å². The molecule has 2 atom stereocenters. The molecule has 1 N–H and O–H groups in total. The fourth-order valence-electron chi connectivity index (χ4n) is 5.59. The van der Waals surface area contributed by atoms with Gasteiger partial charge in [-0.3, -0.25) is 14.4 Å². The maximum absolute atomic E-state index is 12.5. The Labute approximate surface area is 200 Å². The van der Waals surface area contributed by atoms with Gasteiger partial charge < -0.3 is 14.6 Å². The van der Waals surface area contributed by atoms with Crippen molar-refractivity contribution in [2.24, 2.45) is 28.1 Å². The second kappa shape index (κ2) is 9.22. The average Bonchev–Trinajstić information content (AvgIpc) is 2.65. The van der Waals surface area contributed by atoms with Gasteiger partial charge in [0, 0.05) is 6.42 Å². The Kier molecular flexibility index (Phi) is 7.73. The molecule has 4 saturated carbocycles. The first-order valence-electron chi connectivity index (χ1n) is 12.6. The molecule has 6 heteroatoms. The highest BCUT2D eigenvalue weighted by Gasteiger charge is 2.63. The lowest BCUT2D eigenvalue weighted by Gasteiger charge is -2.59. The molecular weight excluding hydrogens is 420 g/mol. The van der Waals surface area contributed by atoms with Crippen LogP contribution < -0.4 is 0 Å². The summed E-state index contributed by atoms with van der Waals surface area (Å²) in [6.07, 6.45) is 6.46. The van der Waals surface area contributed by atoms with Gasteiger partial charge in [-0.15, -0.1) is 0 Å². The molecule has 0 aromatic heterocycles. The van der Waals surface area contributed by atoms with Gasteiger partial charge in [0.25, 0.3) is 0 Å². The van der Waals surface area contributed by atoms with Crippen molar-refractivity contribution < 1.29 is 29.0 Å². The summed E-state index contributed by atoms with van der Waals surface area (Å²) in [6.45, 7) is 17.3. The molecule has 2 unspecified atom stereocenters. The molecule has 6 nitrogen and oxygen atoms in total. The van der Waals surface area contributed by atoms with Crippen molar-refractivity contribution in [3.8, 4) is 0 Å². The second-order valence-corrected chi connectivity index (χ2v) is 13.1. The van der Waals surface area contributed by atoms with Crippen molar-refractivity contribution >= 4 is 17.9 Å². The van der Waals surface area contributed by atoms with Crippen molar-refractivity contribution in [2.75, 3.05) is 0 Å².